The van der Waals surface area contributed by atoms with Crippen LogP contribution in [0.4, 0.5) is 0 Å². The van der Waals surface area contributed by atoms with E-state index in [1.165, 1.54) is 11.1 Å². The van der Waals surface area contributed by atoms with Crippen molar-refractivity contribution in [2.75, 3.05) is 33.4 Å². The summed E-state index contributed by atoms with van der Waals surface area (Å²) in [5.74, 6) is 3.15. The molecule has 2 unspecified atom stereocenters. The maximum atomic E-state index is 6.14. The molecule has 2 heterocycles. The molecule has 2 atom stereocenters. The van der Waals surface area contributed by atoms with Gasteiger partial charge in [-0.25, -0.2) is 0 Å². The van der Waals surface area contributed by atoms with Crippen LogP contribution in [-0.2, 0) is 17.7 Å². The second kappa shape index (κ2) is 11.6. The van der Waals surface area contributed by atoms with Crippen molar-refractivity contribution >= 4 is 29.9 Å². The van der Waals surface area contributed by atoms with E-state index in [0.717, 1.165) is 49.1 Å². The highest BCUT2D eigenvalue weighted by atomic mass is 127. The molecule has 0 radical (unpaired) electrons. The second-order valence-corrected chi connectivity index (χ2v) is 8.01. The Morgan fingerprint density at radius 3 is 2.84 bits per heavy atom. The van der Waals surface area contributed by atoms with Crippen molar-refractivity contribution < 1.29 is 14.2 Å². The number of hydrogen-bond acceptors (Lipinski definition) is 4. The van der Waals surface area contributed by atoms with Gasteiger partial charge in [0, 0.05) is 38.1 Å². The molecular weight excluding hydrogens is 505 g/mol. The van der Waals surface area contributed by atoms with Gasteiger partial charge in [-0.3, -0.25) is 4.99 Å². The molecule has 168 valence electrons. The van der Waals surface area contributed by atoms with Crippen LogP contribution in [-0.4, -0.2) is 45.5 Å². The first-order chi connectivity index (χ1) is 14.7. The van der Waals surface area contributed by atoms with Crippen molar-refractivity contribution in [1.29, 1.82) is 0 Å². The number of nitrogens with zero attached hydrogens (tertiary/aromatic N) is 1. The van der Waals surface area contributed by atoms with Gasteiger partial charge >= 0.3 is 0 Å². The standard InChI is InChI=1S/C24H31N3O3.HI/c1-17-7-8-20(23(11-17)29-16-18-9-10-28-15-18)13-26-24(25-2)27-14-21-12-19-5-3-4-6-22(19)30-21;/h3-8,11,18,21H,9-10,12-16H2,1-2H3,(H2,25,26,27);1H. The first kappa shape index (κ1) is 23.7. The Hall–Kier alpha value is -2.00. The van der Waals surface area contributed by atoms with Gasteiger partial charge in [0.1, 0.15) is 17.6 Å². The van der Waals surface area contributed by atoms with E-state index >= 15 is 0 Å². The number of halogens is 1. The van der Waals surface area contributed by atoms with Gasteiger partial charge in [0.2, 0.25) is 0 Å². The molecule has 2 aliphatic rings. The number of benzene rings is 2. The second-order valence-electron chi connectivity index (χ2n) is 8.01. The summed E-state index contributed by atoms with van der Waals surface area (Å²) in [6.45, 7) is 5.76. The summed E-state index contributed by atoms with van der Waals surface area (Å²) in [6.07, 6.45) is 2.11. The lowest BCUT2D eigenvalue weighted by molar-refractivity contribution is 0.166. The molecule has 2 aromatic carbocycles. The van der Waals surface area contributed by atoms with Crippen molar-refractivity contribution in [1.82, 2.24) is 10.6 Å². The molecule has 2 N–H and O–H groups in total. The largest absolute Gasteiger partial charge is 0.493 e. The average molecular weight is 537 g/mol. The number of guanidine groups is 1. The number of hydrogen-bond donors (Lipinski definition) is 2. The molecule has 0 bridgehead atoms. The fraction of sp³-hybridized carbons (Fsp3) is 0.458. The third-order valence-electron chi connectivity index (χ3n) is 5.60. The molecule has 0 aromatic heterocycles. The monoisotopic (exact) mass is 537 g/mol. The molecule has 7 heteroatoms. The van der Waals surface area contributed by atoms with Crippen LogP contribution in [0.2, 0.25) is 0 Å². The molecular formula is C24H32IN3O3. The zero-order chi connectivity index (χ0) is 20.8. The minimum absolute atomic E-state index is 0. The number of nitrogens with one attached hydrogen (secondary N) is 2. The minimum atomic E-state index is 0. The molecule has 31 heavy (non-hydrogen) atoms. The Balaban J connectivity index is 0.00000272. The van der Waals surface area contributed by atoms with E-state index in [0.29, 0.717) is 25.6 Å². The molecule has 0 spiro atoms. The predicted octanol–water partition coefficient (Wildman–Crippen LogP) is 3.70. The van der Waals surface area contributed by atoms with Crippen LogP contribution in [0.1, 0.15) is 23.1 Å². The van der Waals surface area contributed by atoms with Gasteiger partial charge in [-0.1, -0.05) is 30.3 Å². The predicted molar refractivity (Wildman–Crippen MR) is 134 cm³/mol. The summed E-state index contributed by atoms with van der Waals surface area (Å²) in [6, 6.07) is 14.6. The van der Waals surface area contributed by atoms with Gasteiger partial charge in [0.25, 0.3) is 0 Å². The maximum absolute atomic E-state index is 6.14. The Kier molecular flexibility index (Phi) is 8.83. The third-order valence-corrected chi connectivity index (χ3v) is 5.60. The molecule has 0 saturated carbocycles. The highest BCUT2D eigenvalue weighted by Gasteiger charge is 2.22. The number of aryl methyl sites for hydroxylation is 1. The van der Waals surface area contributed by atoms with Crippen molar-refractivity contribution in [3.05, 3.63) is 59.2 Å². The summed E-state index contributed by atoms with van der Waals surface area (Å²) in [5.41, 5.74) is 3.57. The highest BCUT2D eigenvalue weighted by molar-refractivity contribution is 14.0. The summed E-state index contributed by atoms with van der Waals surface area (Å²) in [5, 5.41) is 6.78. The highest BCUT2D eigenvalue weighted by Crippen LogP contribution is 2.27. The molecule has 1 fully saturated rings. The van der Waals surface area contributed by atoms with Gasteiger partial charge in [-0.15, -0.1) is 24.0 Å². The van der Waals surface area contributed by atoms with E-state index < -0.39 is 0 Å². The topological polar surface area (TPSA) is 64.1 Å². The minimum Gasteiger partial charge on any atom is -0.493 e. The normalized spacial score (nSPS) is 19.9. The summed E-state index contributed by atoms with van der Waals surface area (Å²) >= 11 is 0. The van der Waals surface area contributed by atoms with Crippen LogP contribution in [0.3, 0.4) is 0 Å². The first-order valence-corrected chi connectivity index (χ1v) is 10.7. The van der Waals surface area contributed by atoms with E-state index in [-0.39, 0.29) is 30.1 Å². The third kappa shape index (κ3) is 6.49. The Morgan fingerprint density at radius 1 is 1.19 bits per heavy atom. The lowest BCUT2D eigenvalue weighted by Crippen LogP contribution is -2.42. The SMILES string of the molecule is CN=C(NCc1ccc(C)cc1OCC1CCOC1)NCC1Cc2ccccc2O1.I. The summed E-state index contributed by atoms with van der Waals surface area (Å²) < 4.78 is 17.6. The summed E-state index contributed by atoms with van der Waals surface area (Å²) in [4.78, 5) is 4.35. The number of fused-ring (bicyclic) bond motifs is 1. The number of rotatable bonds is 7. The van der Waals surface area contributed by atoms with Crippen LogP contribution in [0.5, 0.6) is 11.5 Å². The molecule has 2 aliphatic heterocycles. The van der Waals surface area contributed by atoms with Crippen molar-refractivity contribution in [2.24, 2.45) is 10.9 Å². The van der Waals surface area contributed by atoms with Crippen molar-refractivity contribution in [3.63, 3.8) is 0 Å². The van der Waals surface area contributed by atoms with Crippen LogP contribution in [0.25, 0.3) is 0 Å². The van der Waals surface area contributed by atoms with Gasteiger partial charge in [0.05, 0.1) is 19.8 Å². The smallest absolute Gasteiger partial charge is 0.191 e. The molecule has 0 aliphatic carbocycles. The fourth-order valence-corrected chi connectivity index (χ4v) is 3.84. The maximum Gasteiger partial charge on any atom is 0.191 e. The molecule has 4 rings (SSSR count). The van der Waals surface area contributed by atoms with Crippen molar-refractivity contribution in [3.8, 4) is 11.5 Å². The number of para-hydroxylation sites is 1. The van der Waals surface area contributed by atoms with Gasteiger partial charge in [0.15, 0.2) is 5.96 Å². The number of ether oxygens (including phenoxy) is 3. The van der Waals surface area contributed by atoms with Gasteiger partial charge in [-0.05, 0) is 36.6 Å². The summed E-state index contributed by atoms with van der Waals surface area (Å²) in [7, 11) is 1.78. The van der Waals surface area contributed by atoms with Crippen LogP contribution >= 0.6 is 24.0 Å². The van der Waals surface area contributed by atoms with Crippen LogP contribution < -0.4 is 20.1 Å². The lowest BCUT2D eigenvalue weighted by atomic mass is 10.1. The Morgan fingerprint density at radius 2 is 2.06 bits per heavy atom. The van der Waals surface area contributed by atoms with E-state index in [9.17, 15) is 0 Å². The molecule has 2 aromatic rings. The molecule has 1 saturated heterocycles. The Labute approximate surface area is 201 Å². The van der Waals surface area contributed by atoms with E-state index in [2.05, 4.69) is 52.9 Å². The van der Waals surface area contributed by atoms with E-state index in [4.69, 9.17) is 14.2 Å². The lowest BCUT2D eigenvalue weighted by Gasteiger charge is -2.18. The zero-order valence-electron chi connectivity index (χ0n) is 18.2. The van der Waals surface area contributed by atoms with Crippen molar-refractivity contribution in [2.45, 2.75) is 32.4 Å². The van der Waals surface area contributed by atoms with Gasteiger partial charge in [-0.2, -0.15) is 0 Å². The van der Waals surface area contributed by atoms with Crippen LogP contribution in [0, 0.1) is 12.8 Å². The Bertz CT molecular complexity index is 859. The average Bonchev–Trinajstić information content (AvgIpc) is 3.42. The fourth-order valence-electron chi connectivity index (χ4n) is 3.84. The van der Waals surface area contributed by atoms with Gasteiger partial charge < -0.3 is 24.8 Å². The first-order valence-electron chi connectivity index (χ1n) is 10.7. The number of aliphatic imine (C=N–C) groups is 1. The molecule has 0 amide bonds. The van der Waals surface area contributed by atoms with E-state index in [1.807, 2.05) is 12.1 Å². The quantitative estimate of drug-likeness (QED) is 0.321. The molecule has 6 nitrogen and oxygen atoms in total. The zero-order valence-corrected chi connectivity index (χ0v) is 20.6. The van der Waals surface area contributed by atoms with E-state index in [1.54, 1.807) is 7.05 Å². The van der Waals surface area contributed by atoms with Crippen LogP contribution in [0.15, 0.2) is 47.5 Å².